The molecule has 2 aliphatic heterocycles. The number of piperidine rings is 1. The molecule has 11 heteroatoms. The van der Waals surface area contributed by atoms with Gasteiger partial charge in [0, 0.05) is 37.0 Å². The molecule has 2 heterocycles. The van der Waals surface area contributed by atoms with E-state index in [1.54, 1.807) is 18.7 Å². The molecule has 1 aromatic carbocycles. The van der Waals surface area contributed by atoms with E-state index in [2.05, 4.69) is 37.5 Å². The Hall–Kier alpha value is -3.44. The van der Waals surface area contributed by atoms with Crippen molar-refractivity contribution in [2.75, 3.05) is 13.1 Å². The number of rotatable bonds is 17. The van der Waals surface area contributed by atoms with Crippen molar-refractivity contribution >= 4 is 23.9 Å². The van der Waals surface area contributed by atoms with Crippen LogP contribution in [0.25, 0.3) is 0 Å². The van der Waals surface area contributed by atoms with Crippen molar-refractivity contribution in [3.05, 3.63) is 48.0 Å². The van der Waals surface area contributed by atoms with Gasteiger partial charge in [-0.15, -0.1) is 0 Å². The van der Waals surface area contributed by atoms with Crippen molar-refractivity contribution < 1.29 is 33.9 Å². The van der Waals surface area contributed by atoms with Gasteiger partial charge in [0.25, 0.3) is 0 Å². The van der Waals surface area contributed by atoms with Crippen LogP contribution in [-0.4, -0.2) is 87.5 Å². The Morgan fingerprint density at radius 3 is 2.23 bits per heavy atom. The highest BCUT2D eigenvalue weighted by atomic mass is 16.6. The van der Waals surface area contributed by atoms with Crippen molar-refractivity contribution in [1.82, 2.24) is 20.6 Å². The fourth-order valence-electron chi connectivity index (χ4n) is 7.72. The smallest absolute Gasteiger partial charge is 0.407 e. The van der Waals surface area contributed by atoms with E-state index in [0.29, 0.717) is 76.3 Å². The lowest BCUT2D eigenvalue weighted by atomic mass is 9.80. The first-order valence-electron chi connectivity index (χ1n) is 19.4. The minimum atomic E-state index is -0.885. The number of ether oxygens (including phenoxy) is 2. The summed E-state index contributed by atoms with van der Waals surface area (Å²) in [5, 5.41) is 17.6. The van der Waals surface area contributed by atoms with Crippen LogP contribution in [0.4, 0.5) is 4.79 Å². The van der Waals surface area contributed by atoms with Gasteiger partial charge in [0.15, 0.2) is 0 Å². The first-order chi connectivity index (χ1) is 24.4. The third kappa shape index (κ3) is 13.2. The van der Waals surface area contributed by atoms with Crippen LogP contribution in [0.15, 0.2) is 42.5 Å². The number of amides is 3. The molecule has 292 valence electrons. The topological polar surface area (TPSA) is 138 Å². The summed E-state index contributed by atoms with van der Waals surface area (Å²) in [6.07, 6.45) is 8.13. The van der Waals surface area contributed by atoms with Gasteiger partial charge in [0.1, 0.15) is 18.2 Å². The second-order valence-electron chi connectivity index (χ2n) is 16.8. The standard InChI is InChI=1S/C41H66N4O7/c1-28(2)24-30(5)20-21-32(25-31-16-11-10-12-17-31)37(47)44-23-15-19-35(44)36(46)43-34(38(48)51-29(3)4)18-13-14-22-42-39(49)52-33-26-40(6,7)45(50)41(8,9)27-33/h10-12,16-17,20-21,28-30,32-35,50H,13-15,18-19,22-27H2,1-9H3,(H,42,49)(H,43,46)/b21-20+/t30-,32-,34-,35+/m1/s1. The molecule has 0 saturated carbocycles. The highest BCUT2D eigenvalue weighted by Gasteiger charge is 2.46. The third-order valence-electron chi connectivity index (χ3n) is 9.99. The van der Waals surface area contributed by atoms with Crippen molar-refractivity contribution in [1.29, 1.82) is 0 Å². The normalized spacial score (nSPS) is 20.8. The molecular formula is C41H66N4O7. The molecule has 0 spiro atoms. The number of nitrogens with one attached hydrogen (secondary N) is 2. The maximum absolute atomic E-state index is 14.1. The molecule has 0 aliphatic carbocycles. The number of nitrogens with zero attached hydrogens (tertiary/aromatic N) is 2. The van der Waals surface area contributed by atoms with Crippen LogP contribution in [0.1, 0.15) is 119 Å². The Morgan fingerprint density at radius 1 is 0.962 bits per heavy atom. The average molecular weight is 727 g/mol. The lowest BCUT2D eigenvalue weighted by molar-refractivity contribution is -0.256. The largest absolute Gasteiger partial charge is 0.461 e. The van der Waals surface area contributed by atoms with Crippen molar-refractivity contribution in [3.8, 4) is 0 Å². The number of hydroxylamine groups is 2. The van der Waals surface area contributed by atoms with E-state index in [1.165, 1.54) is 5.06 Å². The molecular weight excluding hydrogens is 660 g/mol. The zero-order chi connectivity index (χ0) is 38.6. The molecule has 2 saturated heterocycles. The van der Waals surface area contributed by atoms with Crippen molar-refractivity contribution in [3.63, 3.8) is 0 Å². The summed E-state index contributed by atoms with van der Waals surface area (Å²) in [5.41, 5.74) is -0.0139. The Morgan fingerprint density at radius 2 is 1.62 bits per heavy atom. The predicted molar refractivity (Wildman–Crippen MR) is 202 cm³/mol. The lowest BCUT2D eigenvalue weighted by Gasteiger charge is -2.50. The van der Waals surface area contributed by atoms with Crippen LogP contribution in [0, 0.1) is 17.8 Å². The van der Waals surface area contributed by atoms with Crippen molar-refractivity contribution in [2.24, 2.45) is 17.8 Å². The van der Waals surface area contributed by atoms with E-state index in [4.69, 9.17) is 9.47 Å². The quantitative estimate of drug-likeness (QED) is 0.0904. The first-order valence-corrected chi connectivity index (χ1v) is 19.4. The predicted octanol–water partition coefficient (Wildman–Crippen LogP) is 6.82. The second-order valence-corrected chi connectivity index (χ2v) is 16.8. The fraction of sp³-hybridized carbons (Fsp3) is 0.707. The summed E-state index contributed by atoms with van der Waals surface area (Å²) in [7, 11) is 0. The molecule has 11 nitrogen and oxygen atoms in total. The minimum absolute atomic E-state index is 0.0807. The van der Waals surface area contributed by atoms with E-state index < -0.39 is 41.1 Å². The molecule has 0 radical (unpaired) electrons. The number of unbranched alkanes of at least 4 members (excludes halogenated alkanes) is 1. The number of likely N-dealkylation sites (tertiary alicyclic amines) is 1. The molecule has 3 N–H and O–H groups in total. The van der Waals surface area contributed by atoms with E-state index in [1.807, 2.05) is 64.1 Å². The van der Waals surface area contributed by atoms with Crippen LogP contribution in [-0.2, 0) is 30.3 Å². The minimum Gasteiger partial charge on any atom is -0.461 e. The number of esters is 1. The van der Waals surface area contributed by atoms with Gasteiger partial charge in [-0.25, -0.2) is 9.59 Å². The van der Waals surface area contributed by atoms with Crippen LogP contribution in [0.2, 0.25) is 0 Å². The maximum atomic E-state index is 14.1. The van der Waals surface area contributed by atoms with E-state index in [9.17, 15) is 24.4 Å². The van der Waals surface area contributed by atoms with Gasteiger partial charge in [-0.2, -0.15) is 5.06 Å². The summed E-state index contributed by atoms with van der Waals surface area (Å²) in [5.74, 6) is -0.499. The second kappa shape index (κ2) is 19.6. The molecule has 0 bridgehead atoms. The van der Waals surface area contributed by atoms with Crippen molar-refractivity contribution in [2.45, 2.75) is 155 Å². The first kappa shape index (κ1) is 43.0. The molecule has 2 aliphatic rings. The van der Waals surface area contributed by atoms with Crippen LogP contribution in [0.5, 0.6) is 0 Å². The summed E-state index contributed by atoms with van der Waals surface area (Å²) in [6, 6.07) is 8.37. The zero-order valence-electron chi connectivity index (χ0n) is 33.2. The number of carbonyl (C=O) groups is 4. The Bertz CT molecular complexity index is 1330. The lowest BCUT2D eigenvalue weighted by Crippen LogP contribution is -2.60. The van der Waals surface area contributed by atoms with Crippen LogP contribution >= 0.6 is 0 Å². The third-order valence-corrected chi connectivity index (χ3v) is 9.99. The molecule has 52 heavy (non-hydrogen) atoms. The van der Waals surface area contributed by atoms with Crippen LogP contribution < -0.4 is 10.6 Å². The highest BCUT2D eigenvalue weighted by Crippen LogP contribution is 2.38. The summed E-state index contributed by atoms with van der Waals surface area (Å²) < 4.78 is 11.2. The molecule has 4 atom stereocenters. The van der Waals surface area contributed by atoms with Gasteiger partial charge in [-0.3, -0.25) is 9.59 Å². The van der Waals surface area contributed by atoms with Gasteiger partial charge in [-0.1, -0.05) is 63.3 Å². The number of hydrogen-bond acceptors (Lipinski definition) is 8. The van der Waals surface area contributed by atoms with Gasteiger partial charge in [0.2, 0.25) is 11.8 Å². The maximum Gasteiger partial charge on any atom is 0.407 e. The molecule has 2 fully saturated rings. The Kier molecular flexibility index (Phi) is 16.2. The SMILES string of the molecule is CC(C)C[C@H](C)/C=C/[C@H](Cc1ccccc1)C(=O)N1CCC[C@H]1C(=O)N[C@H](CCCCNC(=O)OC1CC(C)(C)N(O)C(C)(C)C1)C(=O)OC(C)C. The summed E-state index contributed by atoms with van der Waals surface area (Å²) in [4.78, 5) is 55.3. The number of carbonyl (C=O) groups excluding carboxylic acids is 4. The molecule has 1 aromatic rings. The monoisotopic (exact) mass is 726 g/mol. The van der Waals surface area contributed by atoms with Gasteiger partial charge in [-0.05, 0) is 104 Å². The van der Waals surface area contributed by atoms with Crippen LogP contribution in [0.3, 0.4) is 0 Å². The van der Waals surface area contributed by atoms with E-state index in [-0.39, 0.29) is 24.0 Å². The number of hydrogen-bond donors (Lipinski definition) is 3. The molecule has 0 aromatic heterocycles. The number of benzene rings is 1. The van der Waals surface area contributed by atoms with Gasteiger partial charge >= 0.3 is 12.1 Å². The average Bonchev–Trinajstić information content (AvgIpc) is 3.54. The molecule has 3 amide bonds. The Labute approximate surface area is 312 Å². The van der Waals surface area contributed by atoms with E-state index >= 15 is 0 Å². The van der Waals surface area contributed by atoms with Gasteiger partial charge in [0.05, 0.1) is 12.0 Å². The summed E-state index contributed by atoms with van der Waals surface area (Å²) >= 11 is 0. The number of alkyl carbamates (subject to hydrolysis) is 1. The fourth-order valence-corrected chi connectivity index (χ4v) is 7.72. The zero-order valence-corrected chi connectivity index (χ0v) is 33.2. The number of allylic oxidation sites excluding steroid dienone is 1. The summed E-state index contributed by atoms with van der Waals surface area (Å²) in [6.45, 7) is 18.5. The molecule has 0 unspecified atom stereocenters. The molecule has 3 rings (SSSR count). The Balaban J connectivity index is 1.60. The van der Waals surface area contributed by atoms with Gasteiger partial charge < -0.3 is 30.2 Å². The van der Waals surface area contributed by atoms with E-state index in [0.717, 1.165) is 12.0 Å². The highest BCUT2D eigenvalue weighted by molar-refractivity contribution is 5.92.